The highest BCUT2D eigenvalue weighted by molar-refractivity contribution is 5.41. The highest BCUT2D eigenvalue weighted by Gasteiger charge is 2.40. The minimum Gasteiger partial charge on any atom is -0.395 e. The van der Waals surface area contributed by atoms with E-state index in [0.29, 0.717) is 12.8 Å². The van der Waals surface area contributed by atoms with Crippen molar-refractivity contribution in [2.24, 2.45) is 5.41 Å². The van der Waals surface area contributed by atoms with E-state index in [2.05, 4.69) is 26.8 Å². The fourth-order valence-corrected chi connectivity index (χ4v) is 1.89. The van der Waals surface area contributed by atoms with E-state index in [9.17, 15) is 31.4 Å². The van der Waals surface area contributed by atoms with Gasteiger partial charge in [0, 0.05) is 0 Å². The van der Waals surface area contributed by atoms with Crippen LogP contribution in [0.5, 0.6) is 0 Å². The first kappa shape index (κ1) is 21.0. The van der Waals surface area contributed by atoms with Crippen molar-refractivity contribution >= 4 is 11.9 Å². The number of nitrogens with zero attached hydrogens (tertiary/aromatic N) is 3. The molecule has 0 spiro atoms. The Hall–Kier alpha value is -2.29. The number of hydrogen-bond donors (Lipinski definition) is 3. The first-order valence-corrected chi connectivity index (χ1v) is 7.94. The minimum absolute atomic E-state index is 0.202. The van der Waals surface area contributed by atoms with Crippen molar-refractivity contribution in [2.45, 2.75) is 37.8 Å². The summed E-state index contributed by atoms with van der Waals surface area (Å²) in [5.41, 5.74) is -0.608. The molecule has 2 atom stereocenters. The smallest absolute Gasteiger partial charge is 0.261 e. The second-order valence-electron chi connectivity index (χ2n) is 5.97. The zero-order valence-electron chi connectivity index (χ0n) is 13.9. The van der Waals surface area contributed by atoms with Crippen molar-refractivity contribution in [3.05, 3.63) is 5.82 Å². The first-order valence-electron chi connectivity index (χ1n) is 7.94. The number of alkyl halides is 6. The van der Waals surface area contributed by atoms with Crippen LogP contribution in [0.1, 0.15) is 18.7 Å². The number of anilines is 2. The minimum atomic E-state index is -3.08. The summed E-state index contributed by atoms with van der Waals surface area (Å²) in [5.74, 6) is 3.88. The molecule has 6 nitrogen and oxygen atoms in total. The number of aromatic nitrogens is 3. The molecule has 0 amide bonds. The molecule has 2 rings (SSSR count). The maximum Gasteiger partial charge on any atom is 0.261 e. The number of aliphatic hydroxyl groups excluding tert-OH is 1. The van der Waals surface area contributed by atoms with E-state index in [-0.39, 0.29) is 12.4 Å². The highest BCUT2D eigenvalue weighted by atomic mass is 19.3. The summed E-state index contributed by atoms with van der Waals surface area (Å²) in [6, 6.07) is -3.86. The lowest BCUT2D eigenvalue weighted by atomic mass is 10.1. The van der Waals surface area contributed by atoms with Crippen molar-refractivity contribution in [3.8, 4) is 11.8 Å². The molecule has 1 aromatic heterocycles. The van der Waals surface area contributed by atoms with Gasteiger partial charge in [0.2, 0.25) is 17.7 Å². The lowest BCUT2D eigenvalue weighted by Gasteiger charge is -2.17. The van der Waals surface area contributed by atoms with Crippen LogP contribution in [0.2, 0.25) is 0 Å². The molecule has 1 heterocycles. The van der Waals surface area contributed by atoms with Gasteiger partial charge in [-0.15, -0.1) is 0 Å². The van der Waals surface area contributed by atoms with Crippen molar-refractivity contribution in [1.29, 1.82) is 0 Å². The predicted octanol–water partition coefficient (Wildman–Crippen LogP) is 2.03. The van der Waals surface area contributed by atoms with Gasteiger partial charge in [-0.3, -0.25) is 0 Å². The molecule has 0 radical (unpaired) electrons. The molecule has 12 heteroatoms. The van der Waals surface area contributed by atoms with E-state index in [0.717, 1.165) is 0 Å². The summed E-state index contributed by atoms with van der Waals surface area (Å²) < 4.78 is 76.3. The van der Waals surface area contributed by atoms with Crippen molar-refractivity contribution in [1.82, 2.24) is 15.0 Å². The normalized spacial score (nSPS) is 17.2. The Bertz CT molecular complexity index is 655. The zero-order chi connectivity index (χ0) is 20.0. The maximum absolute atomic E-state index is 12.7. The average Bonchev–Trinajstić information content (AvgIpc) is 3.42. The Morgan fingerprint density at radius 3 is 1.74 bits per heavy atom. The number of rotatable bonds is 9. The third kappa shape index (κ3) is 5.85. The molecule has 1 aliphatic carbocycles. The van der Waals surface area contributed by atoms with Crippen molar-refractivity contribution in [3.63, 3.8) is 0 Å². The van der Waals surface area contributed by atoms with Crippen molar-refractivity contribution < 1.29 is 31.4 Å². The van der Waals surface area contributed by atoms with Gasteiger partial charge in [-0.1, -0.05) is 5.92 Å². The van der Waals surface area contributed by atoms with E-state index in [4.69, 9.17) is 0 Å². The van der Waals surface area contributed by atoms with Crippen LogP contribution in [0, 0.1) is 17.3 Å². The lowest BCUT2D eigenvalue weighted by molar-refractivity contribution is 0.112. The summed E-state index contributed by atoms with van der Waals surface area (Å²) >= 11 is 0. The largest absolute Gasteiger partial charge is 0.395 e. The fourth-order valence-electron chi connectivity index (χ4n) is 1.89. The Balaban J connectivity index is 2.31. The van der Waals surface area contributed by atoms with Gasteiger partial charge in [0.05, 0.1) is 12.0 Å². The van der Waals surface area contributed by atoms with Crippen LogP contribution in [0.3, 0.4) is 0 Å². The average molecular weight is 397 g/mol. The fraction of sp³-hybridized carbons (Fsp3) is 0.667. The Labute approximate surface area is 150 Å². The quantitative estimate of drug-likeness (QED) is 0.437. The van der Waals surface area contributed by atoms with E-state index in [1.807, 2.05) is 10.6 Å². The molecule has 0 bridgehead atoms. The summed E-state index contributed by atoms with van der Waals surface area (Å²) in [5, 5.41) is 13.3. The van der Waals surface area contributed by atoms with Gasteiger partial charge < -0.3 is 15.7 Å². The van der Waals surface area contributed by atoms with E-state index < -0.39 is 55.6 Å². The molecule has 1 aliphatic rings. The number of aliphatic hydroxyl groups is 1. The van der Waals surface area contributed by atoms with Gasteiger partial charge in [0.15, 0.2) is 0 Å². The van der Waals surface area contributed by atoms with Crippen LogP contribution in [0.15, 0.2) is 0 Å². The monoisotopic (exact) mass is 397 g/mol. The number of nitrogens with one attached hydrogen (secondary N) is 2. The summed E-state index contributed by atoms with van der Waals surface area (Å²) in [7, 11) is 0. The molecule has 1 saturated carbocycles. The molecule has 0 aromatic carbocycles. The topological polar surface area (TPSA) is 83.0 Å². The standard InChI is InChI=1S/C15H17F6N5O/c16-5-8(11(18)19)22-13-24-10(1-2-15(7-27)3-4-15)25-14(26-13)23-9(6-17)12(20)21/h8-9,11-12,27H,3-7H2,(H2,22,23,24,25,26). The van der Waals surface area contributed by atoms with Gasteiger partial charge in [0.25, 0.3) is 12.9 Å². The predicted molar refractivity (Wildman–Crippen MR) is 84.2 cm³/mol. The van der Waals surface area contributed by atoms with E-state index in [1.54, 1.807) is 0 Å². The molecule has 0 aliphatic heterocycles. The molecule has 150 valence electrons. The van der Waals surface area contributed by atoms with Crippen LogP contribution in [-0.2, 0) is 0 Å². The van der Waals surface area contributed by atoms with Gasteiger partial charge in [-0.05, 0) is 18.8 Å². The maximum atomic E-state index is 12.7. The SMILES string of the molecule is OCC1(C#Cc2nc(NC(CF)C(F)F)nc(NC(CF)C(F)F)n2)CC1. The molecular weight excluding hydrogens is 380 g/mol. The van der Waals surface area contributed by atoms with Gasteiger partial charge in [-0.25, -0.2) is 26.3 Å². The van der Waals surface area contributed by atoms with Crippen LogP contribution in [-0.4, -0.2) is 64.9 Å². The Kier molecular flexibility index (Phi) is 7.06. The third-order valence-corrected chi connectivity index (χ3v) is 3.80. The molecule has 27 heavy (non-hydrogen) atoms. The molecule has 3 N–H and O–H groups in total. The molecule has 0 saturated heterocycles. The summed E-state index contributed by atoms with van der Waals surface area (Å²) in [6.45, 7) is -3.08. The number of hydrogen-bond acceptors (Lipinski definition) is 6. The van der Waals surface area contributed by atoms with Gasteiger partial charge in [-0.2, -0.15) is 15.0 Å². The molecule has 1 aromatic rings. The third-order valence-electron chi connectivity index (χ3n) is 3.80. The van der Waals surface area contributed by atoms with E-state index >= 15 is 0 Å². The first-order chi connectivity index (χ1) is 12.8. The second-order valence-corrected chi connectivity index (χ2v) is 5.97. The number of halogens is 6. The molecular formula is C15H17F6N5O. The second kappa shape index (κ2) is 9.07. The van der Waals surface area contributed by atoms with Crippen molar-refractivity contribution in [2.75, 3.05) is 30.6 Å². The van der Waals surface area contributed by atoms with E-state index in [1.165, 1.54) is 0 Å². The van der Waals surface area contributed by atoms with Crippen LogP contribution < -0.4 is 10.6 Å². The lowest BCUT2D eigenvalue weighted by Crippen LogP contribution is -2.33. The van der Waals surface area contributed by atoms with Gasteiger partial charge in [0.1, 0.15) is 25.4 Å². The molecule has 2 unspecified atom stereocenters. The Morgan fingerprint density at radius 2 is 1.41 bits per heavy atom. The van der Waals surface area contributed by atoms with Crippen LogP contribution in [0.4, 0.5) is 38.2 Å². The van der Waals surface area contributed by atoms with Gasteiger partial charge >= 0.3 is 0 Å². The molecule has 1 fully saturated rings. The van der Waals surface area contributed by atoms with Crippen LogP contribution >= 0.6 is 0 Å². The highest BCUT2D eigenvalue weighted by Crippen LogP contribution is 2.44. The summed E-state index contributed by atoms with van der Waals surface area (Å²) in [4.78, 5) is 11.1. The summed E-state index contributed by atoms with van der Waals surface area (Å²) in [6.07, 6.45) is -4.88. The van der Waals surface area contributed by atoms with Crippen LogP contribution in [0.25, 0.3) is 0 Å². The Morgan fingerprint density at radius 1 is 0.926 bits per heavy atom. The zero-order valence-corrected chi connectivity index (χ0v) is 13.9.